The van der Waals surface area contributed by atoms with Gasteiger partial charge < -0.3 is 4.98 Å². The molecule has 0 aliphatic rings. The molecule has 0 fully saturated rings. The van der Waals surface area contributed by atoms with Crippen molar-refractivity contribution in [2.75, 3.05) is 0 Å². The number of H-pyrrole nitrogens is 1. The molecule has 0 unspecified atom stereocenters. The molecule has 1 rings (SSSR count). The number of aromatic amines is 1. The summed E-state index contributed by atoms with van der Waals surface area (Å²) in [6.07, 6.45) is 3.98. The quantitative estimate of drug-likeness (QED) is 0.534. The number of halogens is 1. The van der Waals surface area contributed by atoms with Crippen molar-refractivity contribution in [3.8, 4) is 0 Å². The highest BCUT2D eigenvalue weighted by Crippen LogP contribution is 1.90. The van der Waals surface area contributed by atoms with Crippen LogP contribution >= 0.6 is 22.4 Å². The van der Waals surface area contributed by atoms with Crippen LogP contribution in [0.1, 0.15) is 5.56 Å². The number of hydrogen-bond donors (Lipinski definition) is 1. The third-order valence-corrected chi connectivity index (χ3v) is 1.78. The molecule has 0 aliphatic heterocycles. The summed E-state index contributed by atoms with van der Waals surface area (Å²) in [7, 11) is 0. The summed E-state index contributed by atoms with van der Waals surface area (Å²) in [6, 6.07) is 0. The predicted molar refractivity (Wildman–Crippen MR) is 44.9 cm³/mol. The highest BCUT2D eigenvalue weighted by molar-refractivity contribution is 14.1. The van der Waals surface area contributed by atoms with Crippen LogP contribution in [0.15, 0.2) is 12.4 Å². The van der Waals surface area contributed by atoms with Gasteiger partial charge in [0, 0.05) is 6.20 Å². The molecule has 1 heterocycles. The van der Waals surface area contributed by atoms with Gasteiger partial charge in [0.2, 0.25) is 5.14 Å². The van der Waals surface area contributed by atoms with E-state index >= 15 is 0 Å². The van der Waals surface area contributed by atoms with Gasteiger partial charge in [0.05, 0.1) is 0 Å². The Morgan fingerprint density at radius 2 is 2.38 bits per heavy atom. The fraction of sp³-hybridized carbons (Fsp3) is 0.200. The standard InChI is InChI=1S/C5H6BIN/c1-4-2-8-3-5(4)6-7/h2-3,8H,1H3. The van der Waals surface area contributed by atoms with Gasteiger partial charge in [-0.25, -0.2) is 0 Å². The minimum Gasteiger partial charge on any atom is -0.368 e. The van der Waals surface area contributed by atoms with E-state index < -0.39 is 0 Å². The Hall–Kier alpha value is 0.0749. The van der Waals surface area contributed by atoms with Gasteiger partial charge >= 0.3 is 0 Å². The molecular weight excluding hydrogens is 212 g/mol. The van der Waals surface area contributed by atoms with Gasteiger partial charge in [-0.05, 0) is 18.7 Å². The number of hydrogen-bond acceptors (Lipinski definition) is 0. The summed E-state index contributed by atoms with van der Waals surface area (Å²) in [5.74, 6) is 0. The molecule has 1 radical (unpaired) electrons. The first-order chi connectivity index (χ1) is 3.84. The first kappa shape index (κ1) is 6.20. The van der Waals surface area contributed by atoms with Crippen molar-refractivity contribution in [2.45, 2.75) is 6.92 Å². The molecule has 1 aromatic heterocycles. The maximum Gasteiger partial charge on any atom is 0.240 e. The molecule has 1 aromatic rings. The van der Waals surface area contributed by atoms with Crippen molar-refractivity contribution in [1.29, 1.82) is 0 Å². The normalized spacial score (nSPS) is 9.25. The van der Waals surface area contributed by atoms with Crippen molar-refractivity contribution in [2.24, 2.45) is 0 Å². The minimum atomic E-state index is 1.28. The van der Waals surface area contributed by atoms with Crippen LogP contribution in [-0.2, 0) is 0 Å². The molecule has 41 valence electrons. The van der Waals surface area contributed by atoms with Crippen molar-refractivity contribution in [3.05, 3.63) is 18.0 Å². The first-order valence-electron chi connectivity index (χ1n) is 2.41. The second kappa shape index (κ2) is 2.57. The fourth-order valence-electron chi connectivity index (χ4n) is 0.571. The highest BCUT2D eigenvalue weighted by Gasteiger charge is 1.94. The maximum absolute atomic E-state index is 3.01. The highest BCUT2D eigenvalue weighted by atomic mass is 127. The van der Waals surface area contributed by atoms with E-state index in [-0.39, 0.29) is 0 Å². The van der Waals surface area contributed by atoms with Crippen LogP contribution in [-0.4, -0.2) is 10.1 Å². The summed E-state index contributed by atoms with van der Waals surface area (Å²) in [5, 5.41) is 2.06. The van der Waals surface area contributed by atoms with Gasteiger partial charge in [0.15, 0.2) is 0 Å². The molecule has 0 bridgehead atoms. The predicted octanol–water partition coefficient (Wildman–Crippen LogP) is 1.00. The molecule has 0 aromatic carbocycles. The van der Waals surface area contributed by atoms with Crippen LogP contribution in [0.25, 0.3) is 0 Å². The lowest BCUT2D eigenvalue weighted by molar-refractivity contribution is 1.39. The zero-order valence-electron chi connectivity index (χ0n) is 4.61. The van der Waals surface area contributed by atoms with Gasteiger partial charge in [-0.15, -0.1) is 0 Å². The molecule has 1 nitrogen and oxygen atoms in total. The molecule has 0 spiro atoms. The Bertz CT molecular complexity index is 173. The Kier molecular flexibility index (Phi) is 1.99. The van der Waals surface area contributed by atoms with Crippen molar-refractivity contribution < 1.29 is 0 Å². The number of aryl methyl sites for hydroxylation is 1. The Balaban J connectivity index is 2.92. The van der Waals surface area contributed by atoms with Crippen LogP contribution < -0.4 is 5.46 Å². The van der Waals surface area contributed by atoms with E-state index in [0.29, 0.717) is 0 Å². The lowest BCUT2D eigenvalue weighted by atomic mass is 9.96. The van der Waals surface area contributed by atoms with Crippen molar-refractivity contribution in [3.63, 3.8) is 0 Å². The third-order valence-electron chi connectivity index (χ3n) is 1.11. The average molecular weight is 218 g/mol. The van der Waals surface area contributed by atoms with E-state index in [1.807, 2.05) is 12.4 Å². The van der Waals surface area contributed by atoms with Gasteiger partial charge in [0.1, 0.15) is 0 Å². The molecule has 0 saturated heterocycles. The Morgan fingerprint density at radius 3 is 2.62 bits per heavy atom. The smallest absolute Gasteiger partial charge is 0.240 e. The van der Waals surface area contributed by atoms with E-state index in [0.717, 1.165) is 0 Å². The van der Waals surface area contributed by atoms with Crippen LogP contribution in [0.3, 0.4) is 0 Å². The van der Waals surface area contributed by atoms with Crippen molar-refractivity contribution in [1.82, 2.24) is 4.98 Å². The zero-order chi connectivity index (χ0) is 5.98. The van der Waals surface area contributed by atoms with E-state index in [2.05, 4.69) is 39.4 Å². The van der Waals surface area contributed by atoms with E-state index in [1.54, 1.807) is 0 Å². The monoisotopic (exact) mass is 218 g/mol. The summed E-state index contributed by atoms with van der Waals surface area (Å²) < 4.78 is 0. The van der Waals surface area contributed by atoms with E-state index in [1.165, 1.54) is 11.0 Å². The number of aromatic nitrogens is 1. The molecule has 0 aliphatic carbocycles. The van der Waals surface area contributed by atoms with Gasteiger partial charge in [-0.3, -0.25) is 0 Å². The number of rotatable bonds is 1. The second-order valence-corrected chi connectivity index (χ2v) is 2.33. The lowest BCUT2D eigenvalue weighted by Gasteiger charge is -1.84. The van der Waals surface area contributed by atoms with Crippen LogP contribution in [0.5, 0.6) is 0 Å². The molecule has 0 saturated carbocycles. The van der Waals surface area contributed by atoms with E-state index in [4.69, 9.17) is 0 Å². The Labute approximate surface area is 63.0 Å². The average Bonchev–Trinajstić information content (AvgIpc) is 2.14. The maximum atomic E-state index is 3.01. The third kappa shape index (κ3) is 1.07. The minimum absolute atomic E-state index is 1.28. The molecule has 3 heteroatoms. The van der Waals surface area contributed by atoms with Gasteiger partial charge in [-0.1, -0.05) is 5.46 Å². The summed E-state index contributed by atoms with van der Waals surface area (Å²) in [5.41, 5.74) is 2.59. The molecule has 1 N–H and O–H groups in total. The summed E-state index contributed by atoms with van der Waals surface area (Å²) in [4.78, 5) is 3.01. The molecular formula is C5H6BIN. The topological polar surface area (TPSA) is 15.8 Å². The largest absolute Gasteiger partial charge is 0.368 e. The number of nitrogens with one attached hydrogen (secondary N) is 1. The molecule has 0 atom stereocenters. The summed E-state index contributed by atoms with van der Waals surface area (Å²) in [6.45, 7) is 2.08. The van der Waals surface area contributed by atoms with Gasteiger partial charge in [0.25, 0.3) is 0 Å². The van der Waals surface area contributed by atoms with Crippen LogP contribution in [0.2, 0.25) is 0 Å². The fourth-order valence-corrected chi connectivity index (χ4v) is 1.24. The lowest BCUT2D eigenvalue weighted by Crippen LogP contribution is -2.07. The van der Waals surface area contributed by atoms with Crippen molar-refractivity contribution >= 4 is 33.0 Å². The zero-order valence-corrected chi connectivity index (χ0v) is 6.77. The Morgan fingerprint density at radius 1 is 1.62 bits per heavy atom. The molecule has 8 heavy (non-hydrogen) atoms. The molecule has 0 amide bonds. The van der Waals surface area contributed by atoms with E-state index in [9.17, 15) is 0 Å². The second-order valence-electron chi connectivity index (χ2n) is 1.70. The van der Waals surface area contributed by atoms with Crippen LogP contribution in [0.4, 0.5) is 0 Å². The first-order valence-corrected chi connectivity index (χ1v) is 3.66. The summed E-state index contributed by atoms with van der Waals surface area (Å²) >= 11 is 2.23. The van der Waals surface area contributed by atoms with Crippen LogP contribution in [0, 0.1) is 6.92 Å². The SMILES string of the molecule is Cc1c[nH]cc1[B]I. The van der Waals surface area contributed by atoms with Gasteiger partial charge in [-0.2, -0.15) is 22.4 Å².